The molecule has 0 radical (unpaired) electrons. The second kappa shape index (κ2) is 11.7. The van der Waals surface area contributed by atoms with Gasteiger partial charge in [-0.1, -0.05) is 85.2 Å². The monoisotopic (exact) mass is 754 g/mol. The minimum absolute atomic E-state index is 0.0277. The molecule has 12 nitrogen and oxygen atoms in total. The molecule has 2 N–H and O–H groups in total. The van der Waals surface area contributed by atoms with E-state index < -0.39 is 95.2 Å². The van der Waals surface area contributed by atoms with Crippen LogP contribution in [0.1, 0.15) is 43.6 Å². The summed E-state index contributed by atoms with van der Waals surface area (Å²) in [5.74, 6) is -6.17. The van der Waals surface area contributed by atoms with E-state index >= 15 is 0 Å². The molecule has 0 aromatic heterocycles. The Bertz CT molecular complexity index is 1950. The van der Waals surface area contributed by atoms with E-state index in [4.69, 9.17) is 56.4 Å². The molecule has 6 fully saturated rings. The average molecular weight is 756 g/mol. The lowest BCUT2D eigenvalue weighted by Gasteiger charge is -2.71. The molecule has 9 rings (SSSR count). The second-order valence-corrected chi connectivity index (χ2v) is 15.3. The molecule has 4 heterocycles. The van der Waals surface area contributed by atoms with E-state index in [1.54, 1.807) is 62.4 Å². The Labute approximate surface area is 308 Å². The number of fused-ring (bicyclic) bond motifs is 2. The molecule has 4 saturated heterocycles. The maximum atomic E-state index is 13.8. The van der Waals surface area contributed by atoms with Gasteiger partial charge in [-0.25, -0.2) is 4.79 Å². The Kier molecular flexibility index (Phi) is 7.98. The molecule has 4 bridgehead atoms. The highest BCUT2D eigenvalue weighted by atomic mass is 35.5. The van der Waals surface area contributed by atoms with Crippen LogP contribution in [0.2, 0.25) is 0 Å². The molecule has 52 heavy (non-hydrogen) atoms. The van der Waals surface area contributed by atoms with Gasteiger partial charge in [0, 0.05) is 36.5 Å². The van der Waals surface area contributed by atoms with Crippen LogP contribution in [-0.4, -0.2) is 87.7 Å². The van der Waals surface area contributed by atoms with Crippen molar-refractivity contribution in [2.45, 2.75) is 86.6 Å². The first-order chi connectivity index (χ1) is 24.6. The summed E-state index contributed by atoms with van der Waals surface area (Å²) in [7, 11) is 0. The Balaban J connectivity index is 1.42. The second-order valence-electron chi connectivity index (χ2n) is 14.3. The topological polar surface area (TPSA) is 160 Å². The summed E-state index contributed by atoms with van der Waals surface area (Å²) in [4.78, 5) is 39.2. The number of carbonyl (C=O) groups is 3. The fourth-order valence-corrected chi connectivity index (χ4v) is 9.62. The largest absolute Gasteiger partial charge is 0.463 e. The zero-order chi connectivity index (χ0) is 37.2. The summed E-state index contributed by atoms with van der Waals surface area (Å²) in [6, 6.07) is 16.9. The smallest absolute Gasteiger partial charge is 0.338 e. The number of hydrogen-bond donors (Lipinski definition) is 2. The van der Waals surface area contributed by atoms with Crippen LogP contribution in [0.3, 0.4) is 0 Å². The highest BCUT2D eigenvalue weighted by Gasteiger charge is 2.90. The van der Waals surface area contributed by atoms with Crippen LogP contribution in [0.25, 0.3) is 0 Å². The number of benzene rings is 2. The minimum atomic E-state index is -2.54. The highest BCUT2D eigenvalue weighted by Crippen LogP contribution is 2.74. The minimum Gasteiger partial charge on any atom is -0.463 e. The van der Waals surface area contributed by atoms with Crippen molar-refractivity contribution in [3.63, 3.8) is 0 Å². The van der Waals surface area contributed by atoms with E-state index in [-0.39, 0.29) is 21.2 Å². The number of ether oxygens (including phenoxy) is 7. The van der Waals surface area contributed by atoms with Gasteiger partial charge in [-0.05, 0) is 30.7 Å². The maximum absolute atomic E-state index is 13.8. The molecule has 4 aliphatic heterocycles. The Morgan fingerprint density at radius 2 is 1.50 bits per heavy atom. The summed E-state index contributed by atoms with van der Waals surface area (Å²) in [6.45, 7) is 9.37. The van der Waals surface area contributed by atoms with Crippen molar-refractivity contribution in [3.05, 3.63) is 106 Å². The van der Waals surface area contributed by atoms with E-state index in [0.717, 1.165) is 6.92 Å². The Hall–Kier alpha value is -3.59. The number of aliphatic hydroxyl groups is 2. The van der Waals surface area contributed by atoms with Crippen molar-refractivity contribution in [1.29, 1.82) is 0 Å². The summed E-state index contributed by atoms with van der Waals surface area (Å²) in [5.41, 5.74) is -6.91. The van der Waals surface area contributed by atoms with Crippen LogP contribution in [0.4, 0.5) is 0 Å². The van der Waals surface area contributed by atoms with Gasteiger partial charge in [-0.3, -0.25) is 9.59 Å². The molecule has 3 aliphatic carbocycles. The number of rotatable bonds is 7. The van der Waals surface area contributed by atoms with Crippen molar-refractivity contribution in [2.75, 3.05) is 6.61 Å². The third-order valence-corrected chi connectivity index (χ3v) is 11.9. The SMILES string of the molecule is C=C(C)[C@@]1(O)[C@@H]2OC3(c4ccccc4)O[C@H]1[C@@H](C)[C@]1(O3)C3=CC(=C(Cl)Cl)[C@H](OC(=O)c4ccccc4)[C@@]3(O)[C@H](OC(C)=O)[C@@]3(COC(C)=O)O[C@H]3[C@@H]21. The van der Waals surface area contributed by atoms with Gasteiger partial charge in [0.15, 0.2) is 23.4 Å². The van der Waals surface area contributed by atoms with Crippen molar-refractivity contribution < 1.29 is 57.8 Å². The van der Waals surface area contributed by atoms with Gasteiger partial charge in [0.05, 0.1) is 11.5 Å². The van der Waals surface area contributed by atoms with Crippen LogP contribution >= 0.6 is 23.2 Å². The standard InChI is InChI=1S/C38H36Cl2O12/c1-18(2)35(44)27-19(3)37-25-16-24(31(39)40)28(48-32(43)22-12-8-6-9-13-22)36(25,45)33(47-21(5)42)34(17-46-20(4)41)29(49-34)26(37)30(35)51-38(50-27,52-37)23-14-10-7-11-15-23/h6-16,19,26-30,33,44-45H,1,17H2,2-5H3/t19-,26+,27+,28+,29+,30-,33-,34+,35+,36-,37+,38?/m1/s1. The van der Waals surface area contributed by atoms with Crippen LogP contribution in [0.5, 0.6) is 0 Å². The van der Waals surface area contributed by atoms with Crippen molar-refractivity contribution in [1.82, 2.24) is 0 Å². The Morgan fingerprint density at radius 1 is 0.865 bits per heavy atom. The predicted molar refractivity (Wildman–Crippen MR) is 181 cm³/mol. The zero-order valence-corrected chi connectivity index (χ0v) is 30.1. The number of halogens is 2. The van der Waals surface area contributed by atoms with Crippen LogP contribution in [0.15, 0.2) is 94.5 Å². The summed E-state index contributed by atoms with van der Waals surface area (Å²) >= 11 is 13.1. The fraction of sp³-hybridized carbons (Fsp3) is 0.447. The number of carbonyl (C=O) groups excluding carboxylic acids is 3. The molecule has 14 heteroatoms. The summed E-state index contributed by atoms with van der Waals surface area (Å²) in [5, 5.41) is 26.3. The van der Waals surface area contributed by atoms with Crippen molar-refractivity contribution >= 4 is 41.1 Å². The first-order valence-electron chi connectivity index (χ1n) is 16.8. The number of esters is 3. The average Bonchev–Trinajstić information content (AvgIpc) is 3.76. The summed E-state index contributed by atoms with van der Waals surface area (Å²) < 4.78 is 44.3. The van der Waals surface area contributed by atoms with Gasteiger partial charge in [-0.2, -0.15) is 0 Å². The molecule has 7 aliphatic rings. The lowest BCUT2D eigenvalue weighted by atomic mass is 9.53. The molecule has 2 aromatic rings. The molecule has 12 atom stereocenters. The zero-order valence-electron chi connectivity index (χ0n) is 28.5. The number of epoxide rings is 1. The van der Waals surface area contributed by atoms with Crippen LogP contribution < -0.4 is 0 Å². The third-order valence-electron chi connectivity index (χ3n) is 11.5. The van der Waals surface area contributed by atoms with Gasteiger partial charge in [0.2, 0.25) is 0 Å². The first-order valence-corrected chi connectivity index (χ1v) is 17.6. The van der Waals surface area contributed by atoms with E-state index in [2.05, 4.69) is 6.58 Å². The predicted octanol–water partition coefficient (Wildman–Crippen LogP) is 4.15. The highest BCUT2D eigenvalue weighted by molar-refractivity contribution is 6.56. The Morgan fingerprint density at radius 3 is 2.10 bits per heavy atom. The third kappa shape index (κ3) is 4.53. The number of hydrogen-bond acceptors (Lipinski definition) is 12. The van der Waals surface area contributed by atoms with Crippen LogP contribution in [0, 0.1) is 11.8 Å². The van der Waals surface area contributed by atoms with Crippen LogP contribution in [-0.2, 0) is 48.7 Å². The fourth-order valence-electron chi connectivity index (χ4n) is 9.32. The van der Waals surface area contributed by atoms with E-state index in [1.807, 2.05) is 0 Å². The quantitative estimate of drug-likeness (QED) is 0.180. The molecular formula is C38H36Cl2O12. The van der Waals surface area contributed by atoms with Gasteiger partial charge in [-0.15, -0.1) is 0 Å². The first kappa shape index (κ1) is 35.4. The molecule has 274 valence electrons. The van der Waals surface area contributed by atoms with Gasteiger partial charge < -0.3 is 43.4 Å². The van der Waals surface area contributed by atoms with E-state index in [0.29, 0.717) is 11.1 Å². The lowest BCUT2D eigenvalue weighted by molar-refractivity contribution is -0.571. The van der Waals surface area contributed by atoms with Gasteiger partial charge in [0.1, 0.15) is 40.6 Å². The van der Waals surface area contributed by atoms with Gasteiger partial charge in [0.25, 0.3) is 0 Å². The molecule has 1 unspecified atom stereocenters. The molecule has 0 amide bonds. The molecular weight excluding hydrogens is 719 g/mol. The maximum Gasteiger partial charge on any atom is 0.338 e. The van der Waals surface area contributed by atoms with Crippen molar-refractivity contribution in [2.24, 2.45) is 11.8 Å². The molecule has 1 spiro atoms. The lowest BCUT2D eigenvalue weighted by Crippen LogP contribution is -2.84. The molecule has 2 saturated carbocycles. The normalized spacial score (nSPS) is 41.8. The molecule has 2 aromatic carbocycles. The van der Waals surface area contributed by atoms with Gasteiger partial charge >= 0.3 is 23.9 Å². The van der Waals surface area contributed by atoms with Crippen molar-refractivity contribution in [3.8, 4) is 0 Å². The summed E-state index contributed by atoms with van der Waals surface area (Å²) in [6.07, 6.45) is -5.27. The van der Waals surface area contributed by atoms with E-state index in [1.165, 1.54) is 25.1 Å². The van der Waals surface area contributed by atoms with E-state index in [9.17, 15) is 24.6 Å².